The molecule has 1 aliphatic heterocycles. The summed E-state index contributed by atoms with van der Waals surface area (Å²) in [6.07, 6.45) is 0. The van der Waals surface area contributed by atoms with E-state index in [1.807, 2.05) is 0 Å². The smallest absolute Gasteiger partial charge is 0.262 e. The van der Waals surface area contributed by atoms with Crippen molar-refractivity contribution in [3.8, 4) is 11.5 Å². The second-order valence-corrected chi connectivity index (χ2v) is 7.49. The van der Waals surface area contributed by atoms with Crippen LogP contribution in [0.4, 0.5) is 11.4 Å². The van der Waals surface area contributed by atoms with E-state index in [0.29, 0.717) is 27.8 Å². The van der Waals surface area contributed by atoms with Crippen LogP contribution in [-0.2, 0) is 14.8 Å². The predicted molar refractivity (Wildman–Crippen MR) is 94.1 cm³/mol. The zero-order valence-electron chi connectivity index (χ0n) is 13.4. The number of hydrogen-bond acceptors (Lipinski definition) is 5. The van der Waals surface area contributed by atoms with Crippen molar-refractivity contribution < 1.29 is 22.7 Å². The lowest BCUT2D eigenvalue weighted by Gasteiger charge is -2.19. The van der Waals surface area contributed by atoms with Gasteiger partial charge in [-0.2, -0.15) is 0 Å². The molecule has 0 aromatic heterocycles. The molecule has 0 bridgehead atoms. The first-order valence-corrected chi connectivity index (χ1v) is 9.10. The van der Waals surface area contributed by atoms with Crippen molar-refractivity contribution in [2.24, 2.45) is 0 Å². The number of fused-ring (bicyclic) bond motifs is 1. The molecule has 1 aliphatic rings. The van der Waals surface area contributed by atoms with Crippen molar-refractivity contribution in [3.05, 3.63) is 40.9 Å². The van der Waals surface area contributed by atoms with Gasteiger partial charge in [-0.05, 0) is 36.8 Å². The molecule has 25 heavy (non-hydrogen) atoms. The first-order valence-electron chi connectivity index (χ1n) is 7.24. The number of carbonyl (C=O) groups excluding carboxylic acids is 1. The number of methoxy groups -OCH3 is 1. The summed E-state index contributed by atoms with van der Waals surface area (Å²) in [6, 6.07) is 7.35. The maximum atomic E-state index is 12.7. The number of rotatable bonds is 4. The molecule has 1 amide bonds. The van der Waals surface area contributed by atoms with Crippen LogP contribution in [-0.4, -0.2) is 28.0 Å². The molecule has 0 atom stereocenters. The van der Waals surface area contributed by atoms with Crippen molar-refractivity contribution in [1.82, 2.24) is 0 Å². The molecule has 2 aromatic rings. The zero-order valence-corrected chi connectivity index (χ0v) is 15.0. The third-order valence-corrected chi connectivity index (χ3v) is 5.39. The number of hydrogen-bond donors (Lipinski definition) is 2. The van der Waals surface area contributed by atoms with Gasteiger partial charge in [-0.25, -0.2) is 8.42 Å². The highest BCUT2D eigenvalue weighted by Crippen LogP contribution is 2.34. The van der Waals surface area contributed by atoms with Crippen molar-refractivity contribution in [3.63, 3.8) is 0 Å². The fourth-order valence-corrected chi connectivity index (χ4v) is 3.59. The number of nitrogens with one attached hydrogen (secondary N) is 2. The molecule has 3 rings (SSSR count). The van der Waals surface area contributed by atoms with E-state index in [2.05, 4.69) is 10.0 Å². The van der Waals surface area contributed by atoms with Gasteiger partial charge in [0.25, 0.3) is 15.9 Å². The molecular formula is C16H15ClN2O5S. The number of aryl methyl sites for hydroxylation is 1. The monoisotopic (exact) mass is 382 g/mol. The summed E-state index contributed by atoms with van der Waals surface area (Å²) in [7, 11) is -2.49. The lowest BCUT2D eigenvalue weighted by Crippen LogP contribution is -2.25. The molecule has 7 nitrogen and oxygen atoms in total. The van der Waals surface area contributed by atoms with Gasteiger partial charge in [-0.3, -0.25) is 9.52 Å². The molecular weight excluding hydrogens is 368 g/mol. The Kier molecular flexibility index (Phi) is 4.49. The van der Waals surface area contributed by atoms with Crippen LogP contribution in [0.1, 0.15) is 5.56 Å². The van der Waals surface area contributed by atoms with Crippen molar-refractivity contribution >= 4 is 38.9 Å². The lowest BCUT2D eigenvalue weighted by molar-refractivity contribution is -0.118. The third kappa shape index (κ3) is 3.49. The molecule has 0 fully saturated rings. The van der Waals surface area contributed by atoms with Gasteiger partial charge in [-0.15, -0.1) is 0 Å². The molecule has 0 aliphatic carbocycles. The van der Waals surface area contributed by atoms with Gasteiger partial charge in [0.2, 0.25) is 0 Å². The van der Waals surface area contributed by atoms with Crippen LogP contribution in [0, 0.1) is 6.92 Å². The molecule has 132 valence electrons. The van der Waals surface area contributed by atoms with E-state index in [4.69, 9.17) is 21.1 Å². The second kappa shape index (κ2) is 6.45. The third-order valence-electron chi connectivity index (χ3n) is 3.62. The highest BCUT2D eigenvalue weighted by molar-refractivity contribution is 7.92. The summed E-state index contributed by atoms with van der Waals surface area (Å²) in [5.41, 5.74) is 1.27. The highest BCUT2D eigenvalue weighted by atomic mass is 35.5. The quantitative estimate of drug-likeness (QED) is 0.848. The van der Waals surface area contributed by atoms with E-state index in [-0.39, 0.29) is 23.1 Å². The predicted octanol–water partition coefficient (Wildman–Crippen LogP) is 2.79. The van der Waals surface area contributed by atoms with Gasteiger partial charge in [-0.1, -0.05) is 11.6 Å². The van der Waals surface area contributed by atoms with E-state index in [9.17, 15) is 13.2 Å². The van der Waals surface area contributed by atoms with Gasteiger partial charge in [0, 0.05) is 11.1 Å². The molecule has 2 N–H and O–H groups in total. The van der Waals surface area contributed by atoms with E-state index >= 15 is 0 Å². The average molecular weight is 383 g/mol. The summed E-state index contributed by atoms with van der Waals surface area (Å²) >= 11 is 6.03. The largest absolute Gasteiger partial charge is 0.495 e. The first kappa shape index (κ1) is 17.4. The number of halogens is 1. The Morgan fingerprint density at radius 2 is 2.04 bits per heavy atom. The summed E-state index contributed by atoms with van der Waals surface area (Å²) in [6.45, 7) is 1.66. The van der Waals surface area contributed by atoms with Gasteiger partial charge in [0.15, 0.2) is 6.61 Å². The molecule has 9 heteroatoms. The van der Waals surface area contributed by atoms with Crippen LogP contribution in [0.15, 0.2) is 35.2 Å². The number of anilines is 2. The number of amides is 1. The number of carbonyl (C=O) groups is 1. The molecule has 1 heterocycles. The maximum Gasteiger partial charge on any atom is 0.262 e. The minimum absolute atomic E-state index is 0.0216. The van der Waals surface area contributed by atoms with Crippen LogP contribution in [0.5, 0.6) is 11.5 Å². The fraction of sp³-hybridized carbons (Fsp3) is 0.188. The fourth-order valence-electron chi connectivity index (χ4n) is 2.34. The Balaban J connectivity index is 1.97. The Labute approximate surface area is 149 Å². The van der Waals surface area contributed by atoms with Gasteiger partial charge < -0.3 is 14.8 Å². The van der Waals surface area contributed by atoms with E-state index in [1.54, 1.807) is 13.0 Å². The van der Waals surface area contributed by atoms with E-state index in [1.165, 1.54) is 31.4 Å². The second-order valence-electron chi connectivity index (χ2n) is 5.40. The molecule has 0 saturated heterocycles. The van der Waals surface area contributed by atoms with E-state index in [0.717, 1.165) is 0 Å². The van der Waals surface area contributed by atoms with Gasteiger partial charge in [0.05, 0.1) is 23.4 Å². The van der Waals surface area contributed by atoms with Crippen LogP contribution in [0.25, 0.3) is 0 Å². The molecule has 0 unspecified atom stereocenters. The Morgan fingerprint density at radius 1 is 1.28 bits per heavy atom. The maximum absolute atomic E-state index is 12.7. The number of sulfonamides is 1. The van der Waals surface area contributed by atoms with Crippen molar-refractivity contribution in [2.75, 3.05) is 23.8 Å². The number of ether oxygens (including phenoxy) is 2. The topological polar surface area (TPSA) is 93.7 Å². The SMILES string of the molecule is COc1cc(Cl)c(C)cc1NS(=O)(=O)c1ccc2c(c1)NC(=O)CO2. The first-order chi connectivity index (χ1) is 11.8. The van der Waals surface area contributed by atoms with Crippen molar-refractivity contribution in [2.45, 2.75) is 11.8 Å². The molecule has 2 aromatic carbocycles. The molecule has 0 spiro atoms. The Hall–Kier alpha value is -2.45. The average Bonchev–Trinajstić information content (AvgIpc) is 2.57. The molecule has 0 radical (unpaired) electrons. The summed E-state index contributed by atoms with van der Waals surface area (Å²) in [4.78, 5) is 11.4. The van der Waals surface area contributed by atoms with Crippen molar-refractivity contribution in [1.29, 1.82) is 0 Å². The number of benzene rings is 2. The molecule has 0 saturated carbocycles. The van der Waals surface area contributed by atoms with Crippen LogP contribution < -0.4 is 19.5 Å². The zero-order chi connectivity index (χ0) is 18.2. The normalized spacial score (nSPS) is 13.5. The lowest BCUT2D eigenvalue weighted by atomic mass is 10.2. The minimum atomic E-state index is -3.91. The van der Waals surface area contributed by atoms with E-state index < -0.39 is 10.0 Å². The Bertz CT molecular complexity index is 959. The summed E-state index contributed by atoms with van der Waals surface area (Å²) in [5, 5.41) is 3.04. The van der Waals surface area contributed by atoms with Gasteiger partial charge >= 0.3 is 0 Å². The summed E-state index contributed by atoms with van der Waals surface area (Å²) < 4.78 is 38.2. The summed E-state index contributed by atoms with van der Waals surface area (Å²) in [5.74, 6) is 0.372. The van der Waals surface area contributed by atoms with Crippen LogP contribution in [0.2, 0.25) is 5.02 Å². The standard InChI is InChI=1S/C16H15ClN2O5S/c1-9-5-13(15(23-2)7-11(9)17)19-25(21,22)10-3-4-14-12(6-10)18-16(20)8-24-14/h3-7,19H,8H2,1-2H3,(H,18,20). The van der Waals surface area contributed by atoms with Crippen LogP contribution in [0.3, 0.4) is 0 Å². The Morgan fingerprint density at radius 3 is 2.76 bits per heavy atom. The minimum Gasteiger partial charge on any atom is -0.495 e. The van der Waals surface area contributed by atoms with Gasteiger partial charge in [0.1, 0.15) is 11.5 Å². The van der Waals surface area contributed by atoms with Crippen LogP contribution >= 0.6 is 11.6 Å². The highest BCUT2D eigenvalue weighted by Gasteiger charge is 2.22.